The van der Waals surface area contributed by atoms with Crippen LogP contribution in [0.4, 0.5) is 10.6 Å². The van der Waals surface area contributed by atoms with Crippen molar-refractivity contribution in [3.8, 4) is 23.5 Å². The molecule has 0 radical (unpaired) electrons. The van der Waals surface area contributed by atoms with Gasteiger partial charge in [-0.05, 0) is 30.0 Å². The first kappa shape index (κ1) is 20.0. The Balaban J connectivity index is 1.52. The number of amides is 2. The summed E-state index contributed by atoms with van der Waals surface area (Å²) in [5.41, 5.74) is 5.75. The van der Waals surface area contributed by atoms with Crippen molar-refractivity contribution >= 4 is 44.7 Å². The molecule has 6 nitrogen and oxygen atoms in total. The number of anilines is 1. The second kappa shape index (κ2) is 8.63. The van der Waals surface area contributed by atoms with Gasteiger partial charge in [0.2, 0.25) is 0 Å². The number of hydrogen-bond donors (Lipinski definition) is 3. The molecular formula is C22H18N4O2S2. The summed E-state index contributed by atoms with van der Waals surface area (Å²) < 4.78 is 1.13. The minimum Gasteiger partial charge on any atom is -0.391 e. The van der Waals surface area contributed by atoms with Gasteiger partial charge in [-0.25, -0.2) is 14.8 Å². The Morgan fingerprint density at radius 2 is 2.00 bits per heavy atom. The number of nitrogens with one attached hydrogen (secondary N) is 2. The average molecular weight is 435 g/mol. The van der Waals surface area contributed by atoms with Crippen LogP contribution in [0.25, 0.3) is 21.3 Å². The van der Waals surface area contributed by atoms with Crippen LogP contribution in [0.1, 0.15) is 23.5 Å². The molecule has 2 heterocycles. The Bertz CT molecular complexity index is 1220. The number of carbonyl (C=O) groups is 1. The van der Waals surface area contributed by atoms with E-state index in [1.807, 2.05) is 41.9 Å². The van der Waals surface area contributed by atoms with Crippen molar-refractivity contribution in [1.29, 1.82) is 0 Å². The third-order valence-electron chi connectivity index (χ3n) is 4.58. The molecule has 0 spiro atoms. The zero-order chi connectivity index (χ0) is 21.1. The largest absolute Gasteiger partial charge is 0.391 e. The van der Waals surface area contributed by atoms with Gasteiger partial charge >= 0.3 is 6.03 Å². The van der Waals surface area contributed by atoms with Crippen molar-refractivity contribution < 1.29 is 9.90 Å². The molecule has 150 valence electrons. The number of fused-ring (bicyclic) bond motifs is 1. The molecule has 2 amide bonds. The number of aliphatic hydroxyl groups excluding tert-OH is 1. The molecule has 0 saturated carbocycles. The molecule has 0 aliphatic carbocycles. The first-order chi connectivity index (χ1) is 14.5. The molecule has 0 aliphatic heterocycles. The van der Waals surface area contributed by atoms with Gasteiger partial charge in [0.05, 0.1) is 27.9 Å². The molecule has 0 fully saturated rings. The number of aromatic nitrogens is 2. The summed E-state index contributed by atoms with van der Waals surface area (Å²) in [5.74, 6) is 2.80. The van der Waals surface area contributed by atoms with Gasteiger partial charge in [-0.15, -0.1) is 29.1 Å². The maximum atomic E-state index is 12.4. The Morgan fingerprint density at radius 3 is 2.70 bits per heavy atom. The van der Waals surface area contributed by atoms with Crippen molar-refractivity contribution in [2.45, 2.75) is 19.1 Å². The summed E-state index contributed by atoms with van der Waals surface area (Å²) >= 11 is 2.87. The number of rotatable bonds is 5. The monoisotopic (exact) mass is 434 g/mol. The SMILES string of the molecule is C#Cc1nc(NC(=O)NC(c2ccc(-c3cccc4ncsc34)cc2)C(C)O)cs1. The summed E-state index contributed by atoms with van der Waals surface area (Å²) in [6, 6.07) is 12.8. The lowest BCUT2D eigenvalue weighted by Crippen LogP contribution is -2.37. The van der Waals surface area contributed by atoms with E-state index in [0.29, 0.717) is 10.8 Å². The van der Waals surface area contributed by atoms with Gasteiger partial charge in [-0.2, -0.15) is 0 Å². The molecular weight excluding hydrogens is 416 g/mol. The summed E-state index contributed by atoms with van der Waals surface area (Å²) in [6.45, 7) is 1.64. The van der Waals surface area contributed by atoms with Crippen LogP contribution in [0, 0.1) is 12.3 Å². The summed E-state index contributed by atoms with van der Waals surface area (Å²) in [6.07, 6.45) is 4.51. The van der Waals surface area contributed by atoms with Crippen LogP contribution in [0.3, 0.4) is 0 Å². The topological polar surface area (TPSA) is 87.1 Å². The van der Waals surface area contributed by atoms with E-state index >= 15 is 0 Å². The van der Waals surface area contributed by atoms with Crippen LogP contribution < -0.4 is 10.6 Å². The molecule has 8 heteroatoms. The summed E-state index contributed by atoms with van der Waals surface area (Å²) in [4.78, 5) is 20.8. The van der Waals surface area contributed by atoms with E-state index in [-0.39, 0.29) is 0 Å². The zero-order valence-corrected chi connectivity index (χ0v) is 17.6. The van der Waals surface area contributed by atoms with Gasteiger partial charge in [-0.3, -0.25) is 5.32 Å². The lowest BCUT2D eigenvalue weighted by atomic mass is 9.98. The molecule has 2 atom stereocenters. The highest BCUT2D eigenvalue weighted by Gasteiger charge is 2.20. The summed E-state index contributed by atoms with van der Waals surface area (Å²) in [5, 5.41) is 17.8. The van der Waals surface area contributed by atoms with Gasteiger partial charge in [0, 0.05) is 10.9 Å². The first-order valence-electron chi connectivity index (χ1n) is 9.15. The number of hydrogen-bond acceptors (Lipinski definition) is 6. The van der Waals surface area contributed by atoms with E-state index in [1.54, 1.807) is 23.6 Å². The first-order valence-corrected chi connectivity index (χ1v) is 10.9. The van der Waals surface area contributed by atoms with E-state index in [0.717, 1.165) is 26.9 Å². The highest BCUT2D eigenvalue weighted by molar-refractivity contribution is 7.17. The predicted octanol–water partition coefficient (Wildman–Crippen LogP) is 4.64. The van der Waals surface area contributed by atoms with Crippen molar-refractivity contribution in [2.75, 3.05) is 5.32 Å². The fourth-order valence-electron chi connectivity index (χ4n) is 3.16. The molecule has 30 heavy (non-hydrogen) atoms. The fourth-order valence-corrected chi connectivity index (χ4v) is 4.54. The van der Waals surface area contributed by atoms with E-state index in [9.17, 15) is 9.90 Å². The molecule has 0 saturated heterocycles. The van der Waals surface area contributed by atoms with Crippen LogP contribution in [-0.4, -0.2) is 27.2 Å². The lowest BCUT2D eigenvalue weighted by Gasteiger charge is -2.22. The molecule has 0 aliphatic rings. The van der Waals surface area contributed by atoms with Gasteiger partial charge < -0.3 is 10.4 Å². The van der Waals surface area contributed by atoms with Crippen molar-refractivity contribution in [3.05, 3.63) is 63.9 Å². The second-order valence-electron chi connectivity index (χ2n) is 6.63. The normalized spacial score (nSPS) is 12.8. The van der Waals surface area contributed by atoms with Gasteiger partial charge in [-0.1, -0.05) is 36.4 Å². The van der Waals surface area contributed by atoms with Crippen LogP contribution in [0.2, 0.25) is 0 Å². The maximum Gasteiger partial charge on any atom is 0.321 e. The fraction of sp³-hybridized carbons (Fsp3) is 0.136. The molecule has 2 aromatic heterocycles. The van der Waals surface area contributed by atoms with Gasteiger partial charge in [0.15, 0.2) is 5.01 Å². The minimum atomic E-state index is -0.789. The van der Waals surface area contributed by atoms with E-state index in [2.05, 4.69) is 32.6 Å². The Hall–Kier alpha value is -3.25. The smallest absolute Gasteiger partial charge is 0.321 e. The van der Waals surface area contributed by atoms with Crippen LogP contribution in [0.5, 0.6) is 0 Å². The van der Waals surface area contributed by atoms with Crippen LogP contribution >= 0.6 is 22.7 Å². The van der Waals surface area contributed by atoms with Gasteiger partial charge in [0.1, 0.15) is 5.82 Å². The van der Waals surface area contributed by atoms with Crippen LogP contribution in [0.15, 0.2) is 53.4 Å². The number of carbonyl (C=O) groups excluding carboxylic acids is 1. The van der Waals surface area contributed by atoms with E-state index < -0.39 is 18.2 Å². The molecule has 2 aromatic carbocycles. The summed E-state index contributed by atoms with van der Waals surface area (Å²) in [7, 11) is 0. The third-order valence-corrected chi connectivity index (χ3v) is 6.22. The lowest BCUT2D eigenvalue weighted by molar-refractivity contribution is 0.148. The third kappa shape index (κ3) is 4.19. The number of terminal acetylenes is 1. The molecule has 2 unspecified atom stereocenters. The number of urea groups is 1. The van der Waals surface area contributed by atoms with E-state index in [4.69, 9.17) is 6.42 Å². The number of nitrogens with zero attached hydrogens (tertiary/aromatic N) is 2. The minimum absolute atomic E-state index is 0.378. The quantitative estimate of drug-likeness (QED) is 0.399. The maximum absolute atomic E-state index is 12.4. The zero-order valence-electron chi connectivity index (χ0n) is 16.0. The number of thiazole rings is 2. The number of aliphatic hydroxyl groups is 1. The van der Waals surface area contributed by atoms with E-state index in [1.165, 1.54) is 11.3 Å². The van der Waals surface area contributed by atoms with Gasteiger partial charge in [0.25, 0.3) is 0 Å². The molecule has 4 aromatic rings. The van der Waals surface area contributed by atoms with Crippen molar-refractivity contribution in [1.82, 2.24) is 15.3 Å². The predicted molar refractivity (Wildman–Crippen MR) is 122 cm³/mol. The Labute approximate surface area is 181 Å². The molecule has 3 N–H and O–H groups in total. The average Bonchev–Trinajstić information content (AvgIpc) is 3.41. The molecule has 4 rings (SSSR count). The highest BCUT2D eigenvalue weighted by Crippen LogP contribution is 2.32. The highest BCUT2D eigenvalue weighted by atomic mass is 32.1. The number of benzene rings is 2. The molecule has 0 bridgehead atoms. The van der Waals surface area contributed by atoms with Crippen molar-refractivity contribution in [2.24, 2.45) is 0 Å². The Kier molecular flexibility index (Phi) is 5.77. The van der Waals surface area contributed by atoms with Crippen molar-refractivity contribution in [3.63, 3.8) is 0 Å². The standard InChI is InChI=1S/C22H18N4O2S2/c1-3-19-24-18(11-29-19)25-22(28)26-20(13(2)27)15-9-7-14(8-10-15)16-5-4-6-17-21(16)30-12-23-17/h1,4-13,20,27H,2H3,(H2,25,26,28). The Morgan fingerprint density at radius 1 is 1.20 bits per heavy atom. The van der Waals surface area contributed by atoms with Crippen LogP contribution in [-0.2, 0) is 0 Å². The second-order valence-corrected chi connectivity index (χ2v) is 8.34.